The number of rotatable bonds is 5. The molecule has 1 aliphatic rings. The van der Waals surface area contributed by atoms with Crippen molar-refractivity contribution in [1.29, 1.82) is 0 Å². The molecule has 0 saturated heterocycles. The highest BCUT2D eigenvalue weighted by Gasteiger charge is 2.30. The van der Waals surface area contributed by atoms with E-state index < -0.39 is 11.2 Å². The minimum absolute atomic E-state index is 0.174. The number of aromatic amines is 1. The maximum Gasteiger partial charge on any atom is 0.330 e. The summed E-state index contributed by atoms with van der Waals surface area (Å²) in [5, 5.41) is 3.23. The molecule has 1 aromatic rings. The molecule has 1 fully saturated rings. The van der Waals surface area contributed by atoms with Gasteiger partial charge in [0.1, 0.15) is 11.5 Å². The van der Waals surface area contributed by atoms with Gasteiger partial charge in [-0.05, 0) is 24.7 Å². The van der Waals surface area contributed by atoms with Gasteiger partial charge in [-0.3, -0.25) is 14.3 Å². The molecule has 3 unspecified atom stereocenters. The molecule has 3 atom stereocenters. The summed E-state index contributed by atoms with van der Waals surface area (Å²) in [6.07, 6.45) is 2.12. The molecule has 1 aromatic heterocycles. The lowest BCUT2D eigenvalue weighted by atomic mass is 9.98. The average Bonchev–Trinajstić information content (AvgIpc) is 2.75. The Hall–Kier alpha value is -1.76. The first-order chi connectivity index (χ1) is 9.95. The minimum atomic E-state index is -0.507. The summed E-state index contributed by atoms with van der Waals surface area (Å²) >= 11 is 0. The number of methoxy groups -OCH3 is 1. The second-order valence-electron chi connectivity index (χ2n) is 5.83. The topological polar surface area (TPSA) is 102 Å². The van der Waals surface area contributed by atoms with Gasteiger partial charge >= 0.3 is 5.69 Å². The maximum atomic E-state index is 12.0. The summed E-state index contributed by atoms with van der Waals surface area (Å²) in [5.74, 6) is 1.25. The van der Waals surface area contributed by atoms with E-state index in [0.717, 1.165) is 12.8 Å². The zero-order valence-electron chi connectivity index (χ0n) is 12.8. The molecule has 7 heteroatoms. The van der Waals surface area contributed by atoms with E-state index in [4.69, 9.17) is 10.5 Å². The first kappa shape index (κ1) is 15.6. The number of anilines is 2. The van der Waals surface area contributed by atoms with Gasteiger partial charge in [0.25, 0.3) is 5.56 Å². The number of hydrogen-bond acceptors (Lipinski definition) is 5. The highest BCUT2D eigenvalue weighted by Crippen LogP contribution is 2.33. The van der Waals surface area contributed by atoms with Crippen molar-refractivity contribution < 1.29 is 4.74 Å². The minimum Gasteiger partial charge on any atom is -0.383 e. The first-order valence-electron chi connectivity index (χ1n) is 7.33. The number of hydrogen-bond donors (Lipinski definition) is 3. The summed E-state index contributed by atoms with van der Waals surface area (Å²) in [7, 11) is 1.55. The number of aromatic nitrogens is 2. The molecule has 118 valence electrons. The van der Waals surface area contributed by atoms with E-state index in [0.29, 0.717) is 25.0 Å². The number of nitrogen functional groups attached to an aromatic ring is 1. The van der Waals surface area contributed by atoms with Gasteiger partial charge in [-0.2, -0.15) is 0 Å². The van der Waals surface area contributed by atoms with Gasteiger partial charge in [0.2, 0.25) is 0 Å². The molecule has 0 aliphatic heterocycles. The van der Waals surface area contributed by atoms with E-state index in [9.17, 15) is 9.59 Å². The zero-order chi connectivity index (χ0) is 15.6. The number of nitrogens with zero attached hydrogens (tertiary/aromatic N) is 1. The monoisotopic (exact) mass is 296 g/mol. The molecule has 0 bridgehead atoms. The van der Waals surface area contributed by atoms with Crippen LogP contribution in [0.3, 0.4) is 0 Å². The molecule has 1 aliphatic carbocycles. The summed E-state index contributed by atoms with van der Waals surface area (Å²) in [5.41, 5.74) is 5.33. The van der Waals surface area contributed by atoms with Crippen LogP contribution in [0.15, 0.2) is 9.59 Å². The van der Waals surface area contributed by atoms with E-state index in [-0.39, 0.29) is 17.5 Å². The van der Waals surface area contributed by atoms with Crippen molar-refractivity contribution in [3.05, 3.63) is 20.8 Å². The summed E-state index contributed by atoms with van der Waals surface area (Å²) < 4.78 is 6.29. The van der Waals surface area contributed by atoms with E-state index in [1.807, 2.05) is 0 Å². The number of ether oxygens (including phenoxy) is 1. The number of nitrogens with two attached hydrogens (primary N) is 1. The largest absolute Gasteiger partial charge is 0.383 e. The third-order valence-corrected chi connectivity index (χ3v) is 4.55. The quantitative estimate of drug-likeness (QED) is 0.739. The highest BCUT2D eigenvalue weighted by atomic mass is 16.5. The molecular weight excluding hydrogens is 272 g/mol. The van der Waals surface area contributed by atoms with Crippen molar-refractivity contribution >= 4 is 11.5 Å². The Morgan fingerprint density at radius 2 is 2.10 bits per heavy atom. The number of nitrogens with one attached hydrogen (secondary N) is 2. The van der Waals surface area contributed by atoms with Crippen molar-refractivity contribution in [3.63, 3.8) is 0 Å². The Balaban J connectivity index is 2.31. The molecule has 0 amide bonds. The van der Waals surface area contributed by atoms with Crippen LogP contribution in [0.5, 0.6) is 0 Å². The molecule has 1 heterocycles. The van der Waals surface area contributed by atoms with Crippen molar-refractivity contribution in [2.45, 2.75) is 39.3 Å². The van der Waals surface area contributed by atoms with Gasteiger partial charge in [-0.25, -0.2) is 4.79 Å². The fourth-order valence-electron chi connectivity index (χ4n) is 2.89. The predicted octanol–water partition coefficient (Wildman–Crippen LogP) is 0.612. The molecule has 7 nitrogen and oxygen atoms in total. The second-order valence-corrected chi connectivity index (χ2v) is 5.83. The Bertz CT molecular complexity index is 607. The molecule has 0 aromatic carbocycles. The molecule has 21 heavy (non-hydrogen) atoms. The highest BCUT2D eigenvalue weighted by molar-refractivity contribution is 5.61. The van der Waals surface area contributed by atoms with Gasteiger partial charge in [-0.1, -0.05) is 13.8 Å². The molecule has 0 radical (unpaired) electrons. The van der Waals surface area contributed by atoms with Crippen molar-refractivity contribution in [2.24, 2.45) is 11.8 Å². The van der Waals surface area contributed by atoms with Crippen LogP contribution in [0.2, 0.25) is 0 Å². The van der Waals surface area contributed by atoms with Crippen LogP contribution in [0.4, 0.5) is 11.5 Å². The Labute approximate surface area is 123 Å². The van der Waals surface area contributed by atoms with Gasteiger partial charge in [0.05, 0.1) is 13.2 Å². The third-order valence-electron chi connectivity index (χ3n) is 4.55. The molecule has 4 N–H and O–H groups in total. The summed E-state index contributed by atoms with van der Waals surface area (Å²) in [4.78, 5) is 26.1. The van der Waals surface area contributed by atoms with Crippen LogP contribution >= 0.6 is 0 Å². The van der Waals surface area contributed by atoms with Crippen LogP contribution in [0.1, 0.15) is 26.7 Å². The van der Waals surface area contributed by atoms with Crippen LogP contribution in [-0.2, 0) is 11.3 Å². The molecule has 0 spiro atoms. The first-order valence-corrected chi connectivity index (χ1v) is 7.33. The van der Waals surface area contributed by atoms with E-state index in [1.54, 1.807) is 7.11 Å². The molecule has 2 rings (SSSR count). The van der Waals surface area contributed by atoms with Crippen molar-refractivity contribution in [3.8, 4) is 0 Å². The van der Waals surface area contributed by atoms with Crippen LogP contribution < -0.4 is 22.3 Å². The maximum absolute atomic E-state index is 12.0. The fraction of sp³-hybridized carbons (Fsp3) is 0.714. The van der Waals surface area contributed by atoms with Gasteiger partial charge in [0.15, 0.2) is 0 Å². The number of H-pyrrole nitrogens is 1. The second kappa shape index (κ2) is 6.34. The van der Waals surface area contributed by atoms with Gasteiger partial charge < -0.3 is 15.8 Å². The standard InChI is InChI=1S/C14H24N4O3/c1-8-4-5-10(9(8)2)16-11-12(15)18(6-7-21-3)14(20)17-13(11)19/h8-10,16H,4-7,15H2,1-3H3,(H,17,19,20). The molecule has 1 saturated carbocycles. The summed E-state index contributed by atoms with van der Waals surface area (Å²) in [6, 6.07) is 0.205. The van der Waals surface area contributed by atoms with Crippen molar-refractivity contribution in [2.75, 3.05) is 24.8 Å². The Morgan fingerprint density at radius 1 is 1.38 bits per heavy atom. The SMILES string of the molecule is COCCn1c(N)c(NC2CCC(C)C2C)c(=O)[nH]c1=O. The van der Waals surface area contributed by atoms with E-state index >= 15 is 0 Å². The van der Waals surface area contributed by atoms with Crippen LogP contribution in [-0.4, -0.2) is 29.3 Å². The third kappa shape index (κ3) is 3.12. The average molecular weight is 296 g/mol. The summed E-state index contributed by atoms with van der Waals surface area (Å²) in [6.45, 7) is 5.04. The van der Waals surface area contributed by atoms with E-state index in [1.165, 1.54) is 4.57 Å². The zero-order valence-corrected chi connectivity index (χ0v) is 12.8. The Kier molecular flexibility index (Phi) is 4.72. The van der Waals surface area contributed by atoms with Gasteiger partial charge in [-0.15, -0.1) is 0 Å². The smallest absolute Gasteiger partial charge is 0.330 e. The fourth-order valence-corrected chi connectivity index (χ4v) is 2.89. The molecular formula is C14H24N4O3. The van der Waals surface area contributed by atoms with Gasteiger partial charge in [0, 0.05) is 13.2 Å². The lowest BCUT2D eigenvalue weighted by Crippen LogP contribution is -2.37. The van der Waals surface area contributed by atoms with E-state index in [2.05, 4.69) is 24.1 Å². The Morgan fingerprint density at radius 3 is 2.67 bits per heavy atom. The lowest BCUT2D eigenvalue weighted by molar-refractivity contribution is 0.186. The lowest BCUT2D eigenvalue weighted by Gasteiger charge is -2.22. The van der Waals surface area contributed by atoms with Crippen LogP contribution in [0.25, 0.3) is 0 Å². The van der Waals surface area contributed by atoms with Crippen LogP contribution in [0, 0.1) is 11.8 Å². The predicted molar refractivity (Wildman–Crippen MR) is 82.6 cm³/mol. The normalized spacial score (nSPS) is 25.2. The van der Waals surface area contributed by atoms with Crippen molar-refractivity contribution in [1.82, 2.24) is 9.55 Å².